The Morgan fingerprint density at radius 3 is 2.38 bits per heavy atom. The van der Waals surface area contributed by atoms with E-state index in [-0.39, 0.29) is 11.9 Å². The summed E-state index contributed by atoms with van der Waals surface area (Å²) in [7, 11) is 0. The van der Waals surface area contributed by atoms with Crippen LogP contribution >= 0.6 is 11.8 Å². The van der Waals surface area contributed by atoms with Gasteiger partial charge < -0.3 is 16.0 Å². The summed E-state index contributed by atoms with van der Waals surface area (Å²) in [6.07, 6.45) is 2.88. The van der Waals surface area contributed by atoms with Crippen LogP contribution in [-0.4, -0.2) is 24.7 Å². The van der Waals surface area contributed by atoms with Crippen molar-refractivity contribution in [3.05, 3.63) is 54.1 Å². The van der Waals surface area contributed by atoms with Crippen molar-refractivity contribution < 1.29 is 9.59 Å². The first kappa shape index (κ1) is 17.9. The molecule has 0 saturated carbocycles. The second kappa shape index (κ2) is 8.98. The average molecular weight is 343 g/mol. The Morgan fingerprint density at radius 2 is 1.71 bits per heavy atom. The van der Waals surface area contributed by atoms with Crippen LogP contribution in [0.4, 0.5) is 16.2 Å². The maximum Gasteiger partial charge on any atom is 0.323 e. The molecule has 3 N–H and O–H groups in total. The van der Waals surface area contributed by atoms with Gasteiger partial charge in [-0.25, -0.2) is 4.79 Å². The van der Waals surface area contributed by atoms with E-state index in [2.05, 4.69) is 16.0 Å². The fourth-order valence-electron chi connectivity index (χ4n) is 2.04. The Morgan fingerprint density at radius 1 is 1.00 bits per heavy atom. The minimum absolute atomic E-state index is 0.110. The zero-order chi connectivity index (χ0) is 17.4. The lowest BCUT2D eigenvalue weighted by Crippen LogP contribution is -2.24. The number of amides is 3. The van der Waals surface area contributed by atoms with Crippen LogP contribution < -0.4 is 16.0 Å². The number of anilines is 2. The monoisotopic (exact) mass is 343 g/mol. The largest absolute Gasteiger partial charge is 0.352 e. The molecular formula is C18H21N3O2S. The summed E-state index contributed by atoms with van der Waals surface area (Å²) >= 11 is 1.61. The van der Waals surface area contributed by atoms with Gasteiger partial charge in [-0.3, -0.25) is 4.79 Å². The van der Waals surface area contributed by atoms with Crippen molar-refractivity contribution >= 4 is 35.1 Å². The third-order valence-corrected chi connectivity index (χ3v) is 3.99. The van der Waals surface area contributed by atoms with E-state index in [4.69, 9.17) is 0 Å². The molecule has 3 amide bonds. The Balaban J connectivity index is 1.93. The van der Waals surface area contributed by atoms with Gasteiger partial charge >= 0.3 is 6.03 Å². The molecule has 5 nitrogen and oxygen atoms in total. The minimum atomic E-state index is -0.323. The molecule has 2 aromatic carbocycles. The predicted molar refractivity (Wildman–Crippen MR) is 99.9 cm³/mol. The van der Waals surface area contributed by atoms with E-state index in [0.717, 1.165) is 17.0 Å². The highest BCUT2D eigenvalue weighted by Gasteiger charge is 2.06. The summed E-state index contributed by atoms with van der Waals surface area (Å²) in [6.45, 7) is 2.65. The van der Waals surface area contributed by atoms with Crippen molar-refractivity contribution in [2.75, 3.05) is 23.4 Å². The number of rotatable bonds is 6. The van der Waals surface area contributed by atoms with Crippen molar-refractivity contribution in [1.82, 2.24) is 5.32 Å². The number of thioether (sulfide) groups is 1. The van der Waals surface area contributed by atoms with Gasteiger partial charge in [-0.15, -0.1) is 11.8 Å². The van der Waals surface area contributed by atoms with Crippen LogP contribution in [0, 0.1) is 0 Å². The fourth-order valence-corrected chi connectivity index (χ4v) is 2.50. The molecule has 0 unspecified atom stereocenters. The molecule has 126 valence electrons. The molecule has 0 spiro atoms. The molecule has 0 fully saturated rings. The molecule has 24 heavy (non-hydrogen) atoms. The van der Waals surface area contributed by atoms with Gasteiger partial charge in [-0.2, -0.15) is 0 Å². The lowest BCUT2D eigenvalue weighted by molar-refractivity contribution is 0.0953. The minimum Gasteiger partial charge on any atom is -0.352 e. The summed E-state index contributed by atoms with van der Waals surface area (Å²) in [4.78, 5) is 24.9. The first-order valence-electron chi connectivity index (χ1n) is 7.72. The van der Waals surface area contributed by atoms with Crippen LogP contribution in [0.2, 0.25) is 0 Å². The number of urea groups is 1. The molecule has 0 bridgehead atoms. The Kier molecular flexibility index (Phi) is 6.69. The lowest BCUT2D eigenvalue weighted by Gasteiger charge is -2.09. The van der Waals surface area contributed by atoms with Gasteiger partial charge in [0.05, 0.1) is 0 Å². The summed E-state index contributed by atoms with van der Waals surface area (Å²) in [6, 6.07) is 14.1. The predicted octanol–water partition coefficient (Wildman–Crippen LogP) is 4.19. The smallest absolute Gasteiger partial charge is 0.323 e. The average Bonchev–Trinajstić information content (AvgIpc) is 2.60. The molecule has 0 saturated heterocycles. The first-order valence-corrected chi connectivity index (χ1v) is 8.95. The van der Waals surface area contributed by atoms with Gasteiger partial charge in [-0.05, 0) is 55.1 Å². The number of carbonyl (C=O) groups excluding carboxylic acids is 2. The van der Waals surface area contributed by atoms with E-state index in [0.29, 0.717) is 17.8 Å². The van der Waals surface area contributed by atoms with Gasteiger partial charge in [0.1, 0.15) is 0 Å². The molecule has 2 aromatic rings. The van der Waals surface area contributed by atoms with Crippen molar-refractivity contribution in [3.8, 4) is 0 Å². The Labute approximate surface area is 146 Å². The van der Waals surface area contributed by atoms with Gasteiger partial charge in [0.25, 0.3) is 5.91 Å². The van der Waals surface area contributed by atoms with Gasteiger partial charge in [0.15, 0.2) is 0 Å². The van der Waals surface area contributed by atoms with E-state index < -0.39 is 0 Å². The standard InChI is InChI=1S/C18H21N3O2S/c1-3-11-19-17(22)13-7-9-14(10-8-13)20-18(23)21-15-5-4-6-16(12-15)24-2/h4-10,12H,3,11H2,1-2H3,(H,19,22)(H2,20,21,23). The molecule has 0 atom stereocenters. The zero-order valence-corrected chi connectivity index (χ0v) is 14.6. The summed E-state index contributed by atoms with van der Waals surface area (Å²) in [5.41, 5.74) is 1.93. The molecule has 0 heterocycles. The molecular weight excluding hydrogens is 322 g/mol. The van der Waals surface area contributed by atoms with E-state index in [1.807, 2.05) is 37.4 Å². The number of carbonyl (C=O) groups is 2. The molecule has 0 aliphatic carbocycles. The zero-order valence-electron chi connectivity index (χ0n) is 13.8. The highest BCUT2D eigenvalue weighted by atomic mass is 32.2. The second-order valence-corrected chi connectivity index (χ2v) is 6.02. The quantitative estimate of drug-likeness (QED) is 0.689. The molecule has 0 aliphatic heterocycles. The molecule has 6 heteroatoms. The fraction of sp³-hybridized carbons (Fsp3) is 0.222. The van der Waals surface area contributed by atoms with Gasteiger partial charge in [-0.1, -0.05) is 13.0 Å². The van der Waals surface area contributed by atoms with E-state index in [1.54, 1.807) is 36.0 Å². The maximum absolute atomic E-state index is 12.0. The lowest BCUT2D eigenvalue weighted by atomic mass is 10.2. The topological polar surface area (TPSA) is 70.2 Å². The van der Waals surface area contributed by atoms with E-state index >= 15 is 0 Å². The third-order valence-electron chi connectivity index (χ3n) is 3.27. The molecule has 0 aliphatic rings. The van der Waals surface area contributed by atoms with E-state index in [9.17, 15) is 9.59 Å². The third kappa shape index (κ3) is 5.31. The molecule has 2 rings (SSSR count). The van der Waals surface area contributed by atoms with Crippen molar-refractivity contribution in [1.29, 1.82) is 0 Å². The van der Waals surface area contributed by atoms with Gasteiger partial charge in [0, 0.05) is 28.4 Å². The van der Waals surface area contributed by atoms with Gasteiger partial charge in [0.2, 0.25) is 0 Å². The first-order chi connectivity index (χ1) is 11.6. The summed E-state index contributed by atoms with van der Waals surface area (Å²) in [5.74, 6) is -0.110. The summed E-state index contributed by atoms with van der Waals surface area (Å²) < 4.78 is 0. The molecule has 0 aromatic heterocycles. The Bertz CT molecular complexity index is 702. The van der Waals surface area contributed by atoms with Crippen LogP contribution in [0.5, 0.6) is 0 Å². The van der Waals surface area contributed by atoms with Crippen molar-refractivity contribution in [2.45, 2.75) is 18.2 Å². The highest BCUT2D eigenvalue weighted by molar-refractivity contribution is 7.98. The SMILES string of the molecule is CCCNC(=O)c1ccc(NC(=O)Nc2cccc(SC)c2)cc1. The van der Waals surface area contributed by atoms with Crippen LogP contribution in [0.3, 0.4) is 0 Å². The van der Waals surface area contributed by atoms with Crippen molar-refractivity contribution in [2.24, 2.45) is 0 Å². The van der Waals surface area contributed by atoms with Crippen LogP contribution in [-0.2, 0) is 0 Å². The van der Waals surface area contributed by atoms with Crippen LogP contribution in [0.1, 0.15) is 23.7 Å². The number of hydrogen-bond donors (Lipinski definition) is 3. The van der Waals surface area contributed by atoms with Crippen LogP contribution in [0.25, 0.3) is 0 Å². The number of benzene rings is 2. The maximum atomic E-state index is 12.0. The van der Waals surface area contributed by atoms with E-state index in [1.165, 1.54) is 0 Å². The van der Waals surface area contributed by atoms with Crippen LogP contribution in [0.15, 0.2) is 53.4 Å². The number of hydrogen-bond acceptors (Lipinski definition) is 3. The second-order valence-electron chi connectivity index (χ2n) is 5.14. The number of nitrogens with one attached hydrogen (secondary N) is 3. The summed E-state index contributed by atoms with van der Waals surface area (Å²) in [5, 5.41) is 8.35. The molecule has 0 radical (unpaired) electrons. The van der Waals surface area contributed by atoms with Crippen molar-refractivity contribution in [3.63, 3.8) is 0 Å². The Hall–Kier alpha value is -2.47. The normalized spacial score (nSPS) is 10.1. The highest BCUT2D eigenvalue weighted by Crippen LogP contribution is 2.19.